The molecule has 0 aliphatic carbocycles. The van der Waals surface area contributed by atoms with Crippen LogP contribution in [0.3, 0.4) is 0 Å². The van der Waals surface area contributed by atoms with Crippen LogP contribution < -0.4 is 4.74 Å². The van der Waals surface area contributed by atoms with Gasteiger partial charge in [-0.05, 0) is 28.1 Å². The summed E-state index contributed by atoms with van der Waals surface area (Å²) in [5.41, 5.74) is 0.820. The molecule has 1 heterocycles. The van der Waals surface area contributed by atoms with Crippen LogP contribution in [0, 0.1) is 5.82 Å². The monoisotopic (exact) mass is 378 g/mol. The number of halogens is 3. The SMILES string of the molecule is Fc1cccc(CBr)c1OCc1cc(Br)cs1. The van der Waals surface area contributed by atoms with Gasteiger partial charge in [0.05, 0.1) is 0 Å². The first-order valence-electron chi connectivity index (χ1n) is 4.90. The summed E-state index contributed by atoms with van der Waals surface area (Å²) in [5, 5.41) is 2.56. The van der Waals surface area contributed by atoms with E-state index in [1.165, 1.54) is 6.07 Å². The number of ether oxygens (including phenoxy) is 1. The maximum absolute atomic E-state index is 13.6. The van der Waals surface area contributed by atoms with Gasteiger partial charge in [-0.3, -0.25) is 0 Å². The Morgan fingerprint density at radius 2 is 2.18 bits per heavy atom. The van der Waals surface area contributed by atoms with Gasteiger partial charge in [0, 0.05) is 25.6 Å². The molecule has 0 aliphatic heterocycles. The minimum Gasteiger partial charge on any atom is -0.485 e. The lowest BCUT2D eigenvalue weighted by atomic mass is 10.2. The fourth-order valence-corrected chi connectivity index (χ4v) is 3.20. The van der Waals surface area contributed by atoms with Gasteiger partial charge in [-0.25, -0.2) is 4.39 Å². The molecule has 0 N–H and O–H groups in total. The fraction of sp³-hybridized carbons (Fsp3) is 0.167. The van der Waals surface area contributed by atoms with Gasteiger partial charge in [-0.2, -0.15) is 0 Å². The topological polar surface area (TPSA) is 9.23 Å². The Morgan fingerprint density at radius 1 is 1.35 bits per heavy atom. The quantitative estimate of drug-likeness (QED) is 0.669. The Labute approximate surface area is 120 Å². The molecule has 2 rings (SSSR count). The van der Waals surface area contributed by atoms with Crippen molar-refractivity contribution in [3.63, 3.8) is 0 Å². The summed E-state index contributed by atoms with van der Waals surface area (Å²) >= 11 is 8.28. The highest BCUT2D eigenvalue weighted by Crippen LogP contribution is 2.27. The highest BCUT2D eigenvalue weighted by atomic mass is 79.9. The molecule has 90 valence electrons. The molecule has 0 amide bonds. The number of hydrogen-bond acceptors (Lipinski definition) is 2. The highest BCUT2D eigenvalue weighted by molar-refractivity contribution is 9.10. The molecule has 0 unspecified atom stereocenters. The number of thiophene rings is 1. The summed E-state index contributed by atoms with van der Waals surface area (Å²) in [6.07, 6.45) is 0. The zero-order valence-corrected chi connectivity index (χ0v) is 12.7. The first-order chi connectivity index (χ1) is 8.20. The molecule has 0 spiro atoms. The maximum Gasteiger partial charge on any atom is 0.165 e. The largest absolute Gasteiger partial charge is 0.485 e. The van der Waals surface area contributed by atoms with Crippen LogP contribution in [0.25, 0.3) is 0 Å². The first-order valence-corrected chi connectivity index (χ1v) is 7.69. The molecule has 0 aliphatic rings. The van der Waals surface area contributed by atoms with Gasteiger partial charge in [-0.1, -0.05) is 28.1 Å². The molecule has 1 aromatic heterocycles. The number of hydrogen-bond donors (Lipinski definition) is 0. The van der Waals surface area contributed by atoms with E-state index >= 15 is 0 Å². The van der Waals surface area contributed by atoms with Crippen molar-refractivity contribution in [2.24, 2.45) is 0 Å². The average molecular weight is 380 g/mol. The van der Waals surface area contributed by atoms with Crippen LogP contribution in [0.15, 0.2) is 34.1 Å². The van der Waals surface area contributed by atoms with Crippen molar-refractivity contribution in [3.05, 3.63) is 50.4 Å². The van der Waals surface area contributed by atoms with Gasteiger partial charge in [-0.15, -0.1) is 11.3 Å². The third-order valence-electron chi connectivity index (χ3n) is 2.17. The van der Waals surface area contributed by atoms with Gasteiger partial charge in [0.1, 0.15) is 6.61 Å². The molecule has 0 radical (unpaired) electrons. The molecule has 2 aromatic rings. The Kier molecular flexibility index (Phi) is 4.59. The number of alkyl halides is 1. The van der Waals surface area contributed by atoms with E-state index in [2.05, 4.69) is 31.9 Å². The van der Waals surface area contributed by atoms with Crippen molar-refractivity contribution < 1.29 is 9.13 Å². The normalized spacial score (nSPS) is 10.5. The molecular weight excluding hydrogens is 371 g/mol. The summed E-state index contributed by atoms with van der Waals surface area (Å²) < 4.78 is 20.2. The van der Waals surface area contributed by atoms with Crippen LogP contribution >= 0.6 is 43.2 Å². The number of rotatable bonds is 4. The Morgan fingerprint density at radius 3 is 2.82 bits per heavy atom. The second kappa shape index (κ2) is 5.98. The van der Waals surface area contributed by atoms with E-state index in [1.807, 2.05) is 17.5 Å². The van der Waals surface area contributed by atoms with Gasteiger partial charge in [0.25, 0.3) is 0 Å². The van der Waals surface area contributed by atoms with Gasteiger partial charge >= 0.3 is 0 Å². The van der Waals surface area contributed by atoms with Crippen molar-refractivity contribution in [2.75, 3.05) is 0 Å². The van der Waals surface area contributed by atoms with Crippen molar-refractivity contribution in [3.8, 4) is 5.75 Å². The minimum absolute atomic E-state index is 0.322. The van der Waals surface area contributed by atoms with Crippen LogP contribution in [-0.4, -0.2) is 0 Å². The summed E-state index contributed by atoms with van der Waals surface area (Å²) in [7, 11) is 0. The smallest absolute Gasteiger partial charge is 0.165 e. The van der Waals surface area contributed by atoms with E-state index in [9.17, 15) is 4.39 Å². The van der Waals surface area contributed by atoms with E-state index < -0.39 is 0 Å². The molecule has 1 aromatic carbocycles. The fourth-order valence-electron chi connectivity index (χ4n) is 1.39. The van der Waals surface area contributed by atoms with Crippen LogP contribution in [-0.2, 0) is 11.9 Å². The van der Waals surface area contributed by atoms with Gasteiger partial charge in [0.15, 0.2) is 11.6 Å². The third-order valence-corrected chi connectivity index (χ3v) is 4.45. The molecule has 0 fully saturated rings. The first kappa shape index (κ1) is 13.1. The second-order valence-corrected chi connectivity index (χ2v) is 5.85. The zero-order chi connectivity index (χ0) is 12.3. The molecule has 0 saturated heterocycles. The van der Waals surface area contributed by atoms with E-state index in [0.717, 1.165) is 14.9 Å². The van der Waals surface area contributed by atoms with Crippen LogP contribution in [0.2, 0.25) is 0 Å². The van der Waals surface area contributed by atoms with E-state index in [1.54, 1.807) is 17.4 Å². The average Bonchev–Trinajstić information content (AvgIpc) is 2.73. The highest BCUT2D eigenvalue weighted by Gasteiger charge is 2.09. The standard InChI is InChI=1S/C12H9Br2FOS/c13-5-8-2-1-3-11(15)12(8)16-6-10-4-9(14)7-17-10/h1-4,7H,5-6H2. The summed E-state index contributed by atoms with van der Waals surface area (Å²) in [6.45, 7) is 0.386. The van der Waals surface area contributed by atoms with Crippen molar-refractivity contribution >= 4 is 43.2 Å². The van der Waals surface area contributed by atoms with E-state index in [4.69, 9.17) is 4.74 Å². The second-order valence-electron chi connectivity index (χ2n) is 3.38. The summed E-state index contributed by atoms with van der Waals surface area (Å²) in [6, 6.07) is 6.91. The van der Waals surface area contributed by atoms with Crippen molar-refractivity contribution in [1.82, 2.24) is 0 Å². The van der Waals surface area contributed by atoms with Crippen molar-refractivity contribution in [2.45, 2.75) is 11.9 Å². The molecule has 0 bridgehead atoms. The van der Waals surface area contributed by atoms with Crippen LogP contribution in [0.5, 0.6) is 5.75 Å². The van der Waals surface area contributed by atoms with E-state index in [-0.39, 0.29) is 5.82 Å². The molecular formula is C12H9Br2FOS. The number of benzene rings is 1. The molecule has 5 heteroatoms. The van der Waals surface area contributed by atoms with E-state index in [0.29, 0.717) is 17.7 Å². The Bertz CT molecular complexity index is 513. The van der Waals surface area contributed by atoms with Gasteiger partial charge in [0.2, 0.25) is 0 Å². The Balaban J connectivity index is 2.13. The molecule has 0 atom stereocenters. The zero-order valence-electron chi connectivity index (χ0n) is 8.75. The molecule has 1 nitrogen and oxygen atoms in total. The lowest BCUT2D eigenvalue weighted by Crippen LogP contribution is -1.98. The van der Waals surface area contributed by atoms with Crippen molar-refractivity contribution in [1.29, 1.82) is 0 Å². The third kappa shape index (κ3) is 3.30. The number of para-hydroxylation sites is 1. The predicted molar refractivity (Wildman–Crippen MR) is 75.4 cm³/mol. The summed E-state index contributed by atoms with van der Waals surface area (Å²) in [4.78, 5) is 1.06. The van der Waals surface area contributed by atoms with Crippen LogP contribution in [0.1, 0.15) is 10.4 Å². The Hall–Kier alpha value is -0.390. The van der Waals surface area contributed by atoms with Gasteiger partial charge < -0.3 is 4.74 Å². The summed E-state index contributed by atoms with van der Waals surface area (Å²) in [5.74, 6) is 0.00599. The lowest BCUT2D eigenvalue weighted by Gasteiger charge is -2.09. The minimum atomic E-state index is -0.322. The predicted octanol–water partition coefficient (Wildman–Crippen LogP) is 5.12. The maximum atomic E-state index is 13.6. The molecule has 0 saturated carbocycles. The lowest BCUT2D eigenvalue weighted by molar-refractivity contribution is 0.291. The van der Waals surface area contributed by atoms with Crippen LogP contribution in [0.4, 0.5) is 4.39 Å². The molecule has 17 heavy (non-hydrogen) atoms.